The van der Waals surface area contributed by atoms with Crippen LogP contribution < -0.4 is 11.1 Å². The molecule has 1 atom stereocenters. The molecule has 0 fully saturated rings. The minimum absolute atomic E-state index is 0.0688. The van der Waals surface area contributed by atoms with Crippen molar-refractivity contribution >= 4 is 28.8 Å². The van der Waals surface area contributed by atoms with Crippen LogP contribution in [0.4, 0.5) is 4.79 Å². The highest BCUT2D eigenvalue weighted by Gasteiger charge is 2.22. The number of carbonyl (C=O) groups is 3. The van der Waals surface area contributed by atoms with Gasteiger partial charge in [-0.15, -0.1) is 0 Å². The van der Waals surface area contributed by atoms with Crippen LogP contribution in [0, 0.1) is 0 Å². The molecular weight excluding hydrogens is 264 g/mol. The van der Waals surface area contributed by atoms with E-state index in [1.54, 1.807) is 24.3 Å². The van der Waals surface area contributed by atoms with E-state index in [0.29, 0.717) is 10.9 Å². The van der Waals surface area contributed by atoms with Crippen molar-refractivity contribution in [2.45, 2.75) is 13.0 Å². The van der Waals surface area contributed by atoms with Gasteiger partial charge in [-0.05, 0) is 13.0 Å². The molecule has 0 unspecified atom stereocenters. The highest BCUT2D eigenvalue weighted by molar-refractivity contribution is 6.03. The van der Waals surface area contributed by atoms with Crippen molar-refractivity contribution in [3.63, 3.8) is 0 Å². The monoisotopic (exact) mass is 276 g/mol. The molecule has 0 bridgehead atoms. The Balaban J connectivity index is 2.12. The van der Waals surface area contributed by atoms with Crippen molar-refractivity contribution < 1.29 is 19.1 Å². The number of rotatable bonds is 3. The summed E-state index contributed by atoms with van der Waals surface area (Å²) in [5.41, 5.74) is 5.55. The molecule has 0 saturated heterocycles. The number of urea groups is 1. The SMILES string of the molecule is C[C@H](OC(=O)c1n[nH]c2ccccc12)C(=O)NC(N)=O. The Hall–Kier alpha value is -2.90. The maximum atomic E-state index is 11.9. The number of amides is 3. The first-order valence-electron chi connectivity index (χ1n) is 5.73. The van der Waals surface area contributed by atoms with Crippen molar-refractivity contribution in [3.8, 4) is 0 Å². The summed E-state index contributed by atoms with van der Waals surface area (Å²) in [5, 5.41) is 8.93. The third-order valence-corrected chi connectivity index (χ3v) is 2.56. The Labute approximate surface area is 113 Å². The molecule has 20 heavy (non-hydrogen) atoms. The number of nitrogens with one attached hydrogen (secondary N) is 2. The van der Waals surface area contributed by atoms with Crippen molar-refractivity contribution in [2.75, 3.05) is 0 Å². The number of benzene rings is 1. The van der Waals surface area contributed by atoms with Crippen LogP contribution in [-0.2, 0) is 9.53 Å². The Bertz CT molecular complexity index is 679. The van der Waals surface area contributed by atoms with E-state index in [1.165, 1.54) is 6.92 Å². The lowest BCUT2D eigenvalue weighted by Gasteiger charge is -2.10. The Morgan fingerprint density at radius 1 is 1.35 bits per heavy atom. The number of imide groups is 1. The van der Waals surface area contributed by atoms with Gasteiger partial charge in [-0.3, -0.25) is 15.2 Å². The number of nitrogens with two attached hydrogens (primary N) is 1. The third-order valence-electron chi connectivity index (χ3n) is 2.56. The van der Waals surface area contributed by atoms with E-state index in [-0.39, 0.29) is 5.69 Å². The lowest BCUT2D eigenvalue weighted by atomic mass is 10.2. The Kier molecular flexibility index (Phi) is 3.65. The smallest absolute Gasteiger partial charge is 0.360 e. The molecule has 0 aliphatic rings. The van der Waals surface area contributed by atoms with Crippen molar-refractivity contribution in [1.29, 1.82) is 0 Å². The van der Waals surface area contributed by atoms with E-state index in [9.17, 15) is 14.4 Å². The fraction of sp³-hybridized carbons (Fsp3) is 0.167. The van der Waals surface area contributed by atoms with Crippen LogP contribution in [0.2, 0.25) is 0 Å². The molecule has 1 aromatic heterocycles. The van der Waals surface area contributed by atoms with Crippen molar-refractivity contribution in [2.24, 2.45) is 5.73 Å². The summed E-state index contributed by atoms with van der Waals surface area (Å²) >= 11 is 0. The van der Waals surface area contributed by atoms with Gasteiger partial charge in [0.05, 0.1) is 5.52 Å². The predicted octanol–water partition coefficient (Wildman–Crippen LogP) is 0.303. The largest absolute Gasteiger partial charge is 0.448 e. The van der Waals surface area contributed by atoms with Crippen LogP contribution in [0.25, 0.3) is 10.9 Å². The zero-order chi connectivity index (χ0) is 14.7. The quantitative estimate of drug-likeness (QED) is 0.695. The van der Waals surface area contributed by atoms with Gasteiger partial charge in [-0.2, -0.15) is 5.10 Å². The summed E-state index contributed by atoms with van der Waals surface area (Å²) in [7, 11) is 0. The minimum atomic E-state index is -1.16. The maximum Gasteiger partial charge on any atom is 0.360 e. The number of primary amides is 1. The number of esters is 1. The molecule has 104 valence electrons. The van der Waals surface area contributed by atoms with E-state index in [1.807, 2.05) is 5.32 Å². The number of carbonyl (C=O) groups excluding carboxylic acids is 3. The molecule has 3 amide bonds. The molecule has 8 heteroatoms. The summed E-state index contributed by atoms with van der Waals surface area (Å²) in [6.45, 7) is 1.32. The number of H-pyrrole nitrogens is 1. The molecule has 0 aliphatic carbocycles. The first-order chi connectivity index (χ1) is 9.49. The highest BCUT2D eigenvalue weighted by atomic mass is 16.5. The van der Waals surface area contributed by atoms with Gasteiger partial charge in [0.2, 0.25) is 0 Å². The second kappa shape index (κ2) is 5.39. The van der Waals surface area contributed by atoms with Gasteiger partial charge < -0.3 is 10.5 Å². The number of nitrogens with zero attached hydrogens (tertiary/aromatic N) is 1. The number of hydrogen-bond acceptors (Lipinski definition) is 5. The molecule has 0 spiro atoms. The average Bonchev–Trinajstić information content (AvgIpc) is 2.81. The lowest BCUT2D eigenvalue weighted by Crippen LogP contribution is -2.42. The maximum absolute atomic E-state index is 11.9. The van der Waals surface area contributed by atoms with Crippen LogP contribution in [0.15, 0.2) is 24.3 Å². The summed E-state index contributed by atoms with van der Waals surface area (Å²) in [4.78, 5) is 33.9. The number of aromatic amines is 1. The molecule has 2 rings (SSSR count). The van der Waals surface area contributed by atoms with Crippen LogP contribution >= 0.6 is 0 Å². The molecule has 0 aliphatic heterocycles. The van der Waals surface area contributed by atoms with Gasteiger partial charge in [0, 0.05) is 5.39 Å². The average molecular weight is 276 g/mol. The van der Waals surface area contributed by atoms with E-state index in [4.69, 9.17) is 10.5 Å². The summed E-state index contributed by atoms with van der Waals surface area (Å²) in [6.07, 6.45) is -1.16. The molecule has 0 radical (unpaired) electrons. The van der Waals surface area contributed by atoms with E-state index in [0.717, 1.165) is 0 Å². The van der Waals surface area contributed by atoms with E-state index < -0.39 is 24.0 Å². The third kappa shape index (κ3) is 2.74. The molecule has 8 nitrogen and oxygen atoms in total. The number of para-hydroxylation sites is 1. The van der Waals surface area contributed by atoms with Crippen LogP contribution in [-0.4, -0.2) is 34.2 Å². The van der Waals surface area contributed by atoms with Crippen LogP contribution in [0.3, 0.4) is 0 Å². The van der Waals surface area contributed by atoms with Gasteiger partial charge in [0.15, 0.2) is 11.8 Å². The molecule has 1 heterocycles. The molecular formula is C12H12N4O4. The zero-order valence-electron chi connectivity index (χ0n) is 10.5. The summed E-state index contributed by atoms with van der Waals surface area (Å²) < 4.78 is 4.92. The molecule has 0 saturated carbocycles. The van der Waals surface area contributed by atoms with Gasteiger partial charge in [0.1, 0.15) is 0 Å². The highest BCUT2D eigenvalue weighted by Crippen LogP contribution is 2.16. The standard InChI is InChI=1S/C12H12N4O4/c1-6(10(17)14-12(13)19)20-11(18)9-7-4-2-3-5-8(7)15-16-9/h2-6H,1H3,(H,15,16)(H3,13,14,17,19)/t6-/m0/s1. The van der Waals surface area contributed by atoms with Gasteiger partial charge in [0.25, 0.3) is 5.91 Å². The Morgan fingerprint density at radius 3 is 2.75 bits per heavy atom. The normalized spacial score (nSPS) is 11.8. The van der Waals surface area contributed by atoms with Crippen LogP contribution in [0.5, 0.6) is 0 Å². The fourth-order valence-corrected chi connectivity index (χ4v) is 1.61. The van der Waals surface area contributed by atoms with E-state index >= 15 is 0 Å². The van der Waals surface area contributed by atoms with Gasteiger partial charge in [-0.25, -0.2) is 9.59 Å². The summed E-state index contributed by atoms with van der Waals surface area (Å²) in [6, 6.07) is 5.98. The first-order valence-corrected chi connectivity index (χ1v) is 5.73. The second-order valence-electron chi connectivity index (χ2n) is 4.02. The van der Waals surface area contributed by atoms with Gasteiger partial charge in [-0.1, -0.05) is 18.2 Å². The topological polar surface area (TPSA) is 127 Å². The van der Waals surface area contributed by atoms with E-state index in [2.05, 4.69) is 10.2 Å². The Morgan fingerprint density at radius 2 is 2.05 bits per heavy atom. The first kappa shape index (κ1) is 13.5. The number of ether oxygens (including phenoxy) is 1. The minimum Gasteiger partial charge on any atom is -0.448 e. The number of hydrogen-bond donors (Lipinski definition) is 3. The second-order valence-corrected chi connectivity index (χ2v) is 4.02. The fourth-order valence-electron chi connectivity index (χ4n) is 1.61. The van der Waals surface area contributed by atoms with Crippen molar-refractivity contribution in [3.05, 3.63) is 30.0 Å². The zero-order valence-corrected chi connectivity index (χ0v) is 10.5. The number of fused-ring (bicyclic) bond motifs is 1. The molecule has 1 aromatic carbocycles. The lowest BCUT2D eigenvalue weighted by molar-refractivity contribution is -0.127. The molecule has 4 N–H and O–H groups in total. The molecule has 2 aromatic rings. The predicted molar refractivity (Wildman–Crippen MR) is 68.7 cm³/mol. The van der Waals surface area contributed by atoms with Gasteiger partial charge >= 0.3 is 12.0 Å². The van der Waals surface area contributed by atoms with Crippen molar-refractivity contribution in [1.82, 2.24) is 15.5 Å². The number of aromatic nitrogens is 2. The summed E-state index contributed by atoms with van der Waals surface area (Å²) in [5.74, 6) is -1.57. The van der Waals surface area contributed by atoms with Crippen LogP contribution in [0.1, 0.15) is 17.4 Å².